The van der Waals surface area contributed by atoms with Gasteiger partial charge in [0.15, 0.2) is 0 Å². The molecule has 0 saturated carbocycles. The standard InChI is InChI=1S/C20H31N5O2/c26-19-5-3-8-23(19)9-6-18-4-1-2-7-25(18)16-17-14-21-20(22-15-17)24-10-12-27-13-11-24/h14-15,18H,1-13,16H2. The maximum atomic E-state index is 11.9. The molecule has 4 rings (SSSR count). The number of likely N-dealkylation sites (tertiary alicyclic amines) is 2. The van der Waals surface area contributed by atoms with Gasteiger partial charge in [0.2, 0.25) is 11.9 Å². The van der Waals surface area contributed by atoms with Crippen molar-refractivity contribution in [3.63, 3.8) is 0 Å². The van der Waals surface area contributed by atoms with Gasteiger partial charge < -0.3 is 14.5 Å². The predicted molar refractivity (Wildman–Crippen MR) is 104 cm³/mol. The topological polar surface area (TPSA) is 61.8 Å². The summed E-state index contributed by atoms with van der Waals surface area (Å²) in [6.07, 6.45) is 10.6. The second kappa shape index (κ2) is 8.97. The van der Waals surface area contributed by atoms with E-state index < -0.39 is 0 Å². The molecule has 1 amide bonds. The molecule has 1 atom stereocenters. The molecule has 3 aliphatic rings. The summed E-state index contributed by atoms with van der Waals surface area (Å²) in [7, 11) is 0. The summed E-state index contributed by atoms with van der Waals surface area (Å²) < 4.78 is 5.40. The summed E-state index contributed by atoms with van der Waals surface area (Å²) in [6, 6.07) is 0.561. The molecule has 0 bridgehead atoms. The summed E-state index contributed by atoms with van der Waals surface area (Å²) in [5, 5.41) is 0. The number of nitrogens with zero attached hydrogens (tertiary/aromatic N) is 5. The summed E-state index contributed by atoms with van der Waals surface area (Å²) in [4.78, 5) is 27.8. The van der Waals surface area contributed by atoms with E-state index in [0.717, 1.165) is 77.7 Å². The van der Waals surface area contributed by atoms with Crippen molar-refractivity contribution in [1.29, 1.82) is 0 Å². The van der Waals surface area contributed by atoms with Crippen molar-refractivity contribution in [3.05, 3.63) is 18.0 Å². The van der Waals surface area contributed by atoms with Crippen LogP contribution in [0.5, 0.6) is 0 Å². The second-order valence-corrected chi connectivity index (χ2v) is 7.88. The molecule has 3 fully saturated rings. The number of piperidine rings is 1. The fourth-order valence-corrected chi connectivity index (χ4v) is 4.43. The number of hydrogen-bond donors (Lipinski definition) is 0. The largest absolute Gasteiger partial charge is 0.378 e. The Morgan fingerprint density at radius 1 is 1.04 bits per heavy atom. The first-order valence-electron chi connectivity index (χ1n) is 10.4. The SMILES string of the molecule is O=C1CCCN1CCC1CCCCN1Cc1cnc(N2CCOCC2)nc1. The van der Waals surface area contributed by atoms with Crippen molar-refractivity contribution < 1.29 is 9.53 Å². The maximum absolute atomic E-state index is 11.9. The normalized spacial score (nSPS) is 24.6. The number of ether oxygens (including phenoxy) is 1. The second-order valence-electron chi connectivity index (χ2n) is 7.88. The van der Waals surface area contributed by atoms with Gasteiger partial charge in [0.25, 0.3) is 0 Å². The van der Waals surface area contributed by atoms with Crippen LogP contribution in [0.15, 0.2) is 12.4 Å². The van der Waals surface area contributed by atoms with Gasteiger partial charge in [-0.15, -0.1) is 0 Å². The third-order valence-electron chi connectivity index (χ3n) is 6.02. The van der Waals surface area contributed by atoms with Crippen molar-refractivity contribution in [3.8, 4) is 0 Å². The number of aromatic nitrogens is 2. The Morgan fingerprint density at radius 2 is 1.85 bits per heavy atom. The third-order valence-corrected chi connectivity index (χ3v) is 6.02. The minimum atomic E-state index is 0.337. The lowest BCUT2D eigenvalue weighted by Crippen LogP contribution is -2.41. The number of carbonyl (C=O) groups is 1. The zero-order valence-electron chi connectivity index (χ0n) is 16.2. The van der Waals surface area contributed by atoms with Gasteiger partial charge in [-0.25, -0.2) is 9.97 Å². The van der Waals surface area contributed by atoms with E-state index >= 15 is 0 Å². The molecular weight excluding hydrogens is 342 g/mol. The number of hydrogen-bond acceptors (Lipinski definition) is 6. The van der Waals surface area contributed by atoms with E-state index in [1.54, 1.807) is 0 Å². The van der Waals surface area contributed by atoms with Gasteiger partial charge in [-0.2, -0.15) is 0 Å². The van der Waals surface area contributed by atoms with E-state index in [9.17, 15) is 4.79 Å². The lowest BCUT2D eigenvalue weighted by Gasteiger charge is -2.36. The van der Waals surface area contributed by atoms with Gasteiger partial charge in [0.05, 0.1) is 13.2 Å². The van der Waals surface area contributed by atoms with Crippen LogP contribution < -0.4 is 4.90 Å². The van der Waals surface area contributed by atoms with Gasteiger partial charge in [-0.3, -0.25) is 9.69 Å². The molecule has 1 unspecified atom stereocenters. The van der Waals surface area contributed by atoms with Crippen LogP contribution in [-0.4, -0.2) is 77.7 Å². The smallest absolute Gasteiger partial charge is 0.225 e. The Morgan fingerprint density at radius 3 is 2.59 bits per heavy atom. The minimum absolute atomic E-state index is 0.337. The fourth-order valence-electron chi connectivity index (χ4n) is 4.43. The molecule has 3 saturated heterocycles. The highest BCUT2D eigenvalue weighted by Crippen LogP contribution is 2.23. The Labute approximate surface area is 161 Å². The van der Waals surface area contributed by atoms with Crippen LogP contribution in [0.2, 0.25) is 0 Å². The van der Waals surface area contributed by atoms with E-state index in [0.29, 0.717) is 11.9 Å². The zero-order valence-corrected chi connectivity index (χ0v) is 16.2. The van der Waals surface area contributed by atoms with E-state index in [4.69, 9.17) is 4.74 Å². The maximum Gasteiger partial charge on any atom is 0.225 e. The number of morpholine rings is 1. The van der Waals surface area contributed by atoms with Crippen molar-refractivity contribution >= 4 is 11.9 Å². The number of carbonyl (C=O) groups excluding carboxylic acids is 1. The Kier molecular flexibility index (Phi) is 6.19. The van der Waals surface area contributed by atoms with Gasteiger partial charge >= 0.3 is 0 Å². The molecule has 148 valence electrons. The highest BCUT2D eigenvalue weighted by atomic mass is 16.5. The summed E-state index contributed by atoms with van der Waals surface area (Å²) >= 11 is 0. The molecule has 1 aromatic rings. The number of amides is 1. The van der Waals surface area contributed by atoms with Gasteiger partial charge in [0.1, 0.15) is 0 Å². The molecule has 7 heteroatoms. The molecule has 7 nitrogen and oxygen atoms in total. The van der Waals surface area contributed by atoms with Crippen molar-refractivity contribution in [2.75, 3.05) is 50.8 Å². The average molecular weight is 374 g/mol. The zero-order chi connectivity index (χ0) is 18.5. The van der Waals surface area contributed by atoms with E-state index in [-0.39, 0.29) is 0 Å². The first-order chi connectivity index (χ1) is 13.3. The van der Waals surface area contributed by atoms with Gasteiger partial charge in [-0.1, -0.05) is 6.42 Å². The van der Waals surface area contributed by atoms with Crippen LogP contribution in [0.1, 0.15) is 44.1 Å². The Bertz CT molecular complexity index is 617. The van der Waals surface area contributed by atoms with Crippen LogP contribution in [-0.2, 0) is 16.1 Å². The molecular formula is C20H31N5O2. The van der Waals surface area contributed by atoms with Gasteiger partial charge in [-0.05, 0) is 32.2 Å². The van der Waals surface area contributed by atoms with Crippen LogP contribution in [0.25, 0.3) is 0 Å². The molecule has 0 aliphatic carbocycles. The van der Waals surface area contributed by atoms with Crippen molar-refractivity contribution in [2.24, 2.45) is 0 Å². The molecule has 0 radical (unpaired) electrons. The molecule has 0 N–H and O–H groups in total. The molecule has 1 aromatic heterocycles. The van der Waals surface area contributed by atoms with E-state index in [1.165, 1.54) is 24.8 Å². The predicted octanol–water partition coefficient (Wildman–Crippen LogP) is 1.68. The molecule has 4 heterocycles. The van der Waals surface area contributed by atoms with Crippen LogP contribution in [0.4, 0.5) is 5.95 Å². The van der Waals surface area contributed by atoms with Crippen molar-refractivity contribution in [1.82, 2.24) is 19.8 Å². The average Bonchev–Trinajstić information content (AvgIpc) is 3.13. The van der Waals surface area contributed by atoms with Crippen LogP contribution in [0.3, 0.4) is 0 Å². The highest BCUT2D eigenvalue weighted by molar-refractivity contribution is 5.78. The first kappa shape index (κ1) is 18.6. The number of anilines is 1. The van der Waals surface area contributed by atoms with Crippen molar-refractivity contribution in [2.45, 2.75) is 51.1 Å². The summed E-state index contributed by atoms with van der Waals surface area (Å²) in [5.41, 5.74) is 1.18. The first-order valence-corrected chi connectivity index (χ1v) is 10.4. The monoisotopic (exact) mass is 373 g/mol. The third kappa shape index (κ3) is 4.76. The molecule has 3 aliphatic heterocycles. The summed E-state index contributed by atoms with van der Waals surface area (Å²) in [6.45, 7) is 7.12. The lowest BCUT2D eigenvalue weighted by molar-refractivity contribution is -0.127. The molecule has 0 aromatic carbocycles. The van der Waals surface area contributed by atoms with E-state index in [2.05, 4.69) is 19.8 Å². The minimum Gasteiger partial charge on any atom is -0.378 e. The Balaban J connectivity index is 1.32. The number of rotatable bonds is 6. The van der Waals surface area contributed by atoms with Gasteiger partial charge in [0, 0.05) is 63.1 Å². The lowest BCUT2D eigenvalue weighted by atomic mass is 9.98. The quantitative estimate of drug-likeness (QED) is 0.756. The molecule has 27 heavy (non-hydrogen) atoms. The Hall–Kier alpha value is -1.73. The van der Waals surface area contributed by atoms with E-state index in [1.807, 2.05) is 17.3 Å². The highest BCUT2D eigenvalue weighted by Gasteiger charge is 2.26. The fraction of sp³-hybridized carbons (Fsp3) is 0.750. The molecule has 0 spiro atoms. The summed E-state index contributed by atoms with van der Waals surface area (Å²) in [5.74, 6) is 1.15. The van der Waals surface area contributed by atoms with Crippen LogP contribution in [0, 0.1) is 0 Å². The van der Waals surface area contributed by atoms with Crippen LogP contribution >= 0.6 is 0 Å².